The van der Waals surface area contributed by atoms with Crippen molar-refractivity contribution < 1.29 is 13.5 Å². The molecule has 0 saturated heterocycles. The molecule has 3 aromatic rings. The zero-order valence-electron chi connectivity index (χ0n) is 17.5. The third kappa shape index (κ3) is 5.90. The second kappa shape index (κ2) is 10.5. The number of nitrogens with zero attached hydrogens (tertiary/aromatic N) is 3. The number of rotatable bonds is 10. The van der Waals surface area contributed by atoms with Crippen LogP contribution in [0.1, 0.15) is 32.3 Å². The molecule has 1 heterocycles. The van der Waals surface area contributed by atoms with Crippen LogP contribution in [0.4, 0.5) is 5.13 Å². The van der Waals surface area contributed by atoms with Crippen molar-refractivity contribution in [2.75, 3.05) is 18.5 Å². The van der Waals surface area contributed by atoms with Crippen molar-refractivity contribution in [3.63, 3.8) is 0 Å². The first-order valence-corrected chi connectivity index (χ1v) is 12.4. The fourth-order valence-corrected chi connectivity index (χ4v) is 5.33. The highest BCUT2D eigenvalue weighted by atomic mass is 32.2. The van der Waals surface area contributed by atoms with Gasteiger partial charge in [-0.25, -0.2) is 13.4 Å². The molecule has 0 aliphatic heterocycles. The van der Waals surface area contributed by atoms with Crippen LogP contribution in [-0.4, -0.2) is 42.1 Å². The molecule has 0 fully saturated rings. The standard InChI is InChI=1S/C22H26N4O3S2/c1-3-12-26(13-4-2)31(28,29)20-7-5-6-18(14-20)21-16-30-22(24-21)25-23-15-17-8-10-19(27)11-9-17/h5-11,14-16,27H,3-4,12-13H2,1-2H3,(H,24,25). The lowest BCUT2D eigenvalue weighted by Crippen LogP contribution is -2.32. The lowest BCUT2D eigenvalue weighted by molar-refractivity contribution is 0.410. The summed E-state index contributed by atoms with van der Waals surface area (Å²) in [5.74, 6) is 0.200. The maximum Gasteiger partial charge on any atom is 0.243 e. The Morgan fingerprint density at radius 2 is 1.84 bits per heavy atom. The molecule has 0 unspecified atom stereocenters. The van der Waals surface area contributed by atoms with E-state index in [0.29, 0.717) is 23.9 Å². The van der Waals surface area contributed by atoms with Crippen LogP contribution in [-0.2, 0) is 10.0 Å². The molecule has 1 aromatic heterocycles. The summed E-state index contributed by atoms with van der Waals surface area (Å²) in [5, 5.41) is 15.9. The van der Waals surface area contributed by atoms with Crippen LogP contribution in [0.25, 0.3) is 11.3 Å². The predicted octanol–water partition coefficient (Wildman–Crippen LogP) is 4.77. The van der Waals surface area contributed by atoms with Crippen molar-refractivity contribution in [2.24, 2.45) is 5.10 Å². The summed E-state index contributed by atoms with van der Waals surface area (Å²) >= 11 is 1.38. The Morgan fingerprint density at radius 3 is 2.52 bits per heavy atom. The highest BCUT2D eigenvalue weighted by molar-refractivity contribution is 7.89. The molecule has 2 aromatic carbocycles. The Balaban J connectivity index is 1.75. The van der Waals surface area contributed by atoms with Crippen molar-refractivity contribution >= 4 is 32.7 Å². The summed E-state index contributed by atoms with van der Waals surface area (Å²) in [5.41, 5.74) is 5.14. The summed E-state index contributed by atoms with van der Waals surface area (Å²) in [6, 6.07) is 13.6. The van der Waals surface area contributed by atoms with Crippen LogP contribution in [0.5, 0.6) is 5.75 Å². The zero-order chi connectivity index (χ0) is 22.3. The number of hydrogen-bond donors (Lipinski definition) is 2. The van der Waals surface area contributed by atoms with Crippen molar-refractivity contribution in [1.29, 1.82) is 0 Å². The van der Waals surface area contributed by atoms with Crippen molar-refractivity contribution in [3.8, 4) is 17.0 Å². The van der Waals surface area contributed by atoms with Gasteiger partial charge < -0.3 is 5.11 Å². The molecular weight excluding hydrogens is 432 g/mol. The Hall–Kier alpha value is -2.75. The quantitative estimate of drug-likeness (QED) is 0.337. The number of sulfonamides is 1. The molecular formula is C22H26N4O3S2. The minimum absolute atomic E-state index is 0.200. The third-order valence-corrected chi connectivity index (χ3v) is 7.13. The molecule has 0 radical (unpaired) electrons. The second-order valence-electron chi connectivity index (χ2n) is 6.93. The molecule has 164 valence electrons. The molecule has 0 aliphatic rings. The number of phenols is 1. The Kier molecular flexibility index (Phi) is 7.78. The number of hydrazone groups is 1. The summed E-state index contributed by atoms with van der Waals surface area (Å²) in [6.07, 6.45) is 3.17. The number of phenolic OH excluding ortho intramolecular Hbond substituents is 1. The monoisotopic (exact) mass is 458 g/mol. The summed E-state index contributed by atoms with van der Waals surface area (Å²) < 4.78 is 27.7. The molecule has 0 atom stereocenters. The molecule has 0 saturated carbocycles. The lowest BCUT2D eigenvalue weighted by atomic mass is 10.2. The molecule has 7 nitrogen and oxygen atoms in total. The van der Waals surface area contributed by atoms with Crippen LogP contribution >= 0.6 is 11.3 Å². The number of aromatic nitrogens is 1. The number of hydrogen-bond acceptors (Lipinski definition) is 7. The van der Waals surface area contributed by atoms with E-state index in [-0.39, 0.29) is 10.6 Å². The van der Waals surface area contributed by atoms with Gasteiger partial charge in [0.2, 0.25) is 15.2 Å². The van der Waals surface area contributed by atoms with Crippen molar-refractivity contribution in [1.82, 2.24) is 9.29 Å². The van der Waals surface area contributed by atoms with Crippen LogP contribution < -0.4 is 5.43 Å². The van der Waals surface area contributed by atoms with E-state index < -0.39 is 10.0 Å². The summed E-state index contributed by atoms with van der Waals surface area (Å²) in [4.78, 5) is 4.79. The van der Waals surface area contributed by atoms with Gasteiger partial charge in [-0.05, 0) is 54.8 Å². The average Bonchev–Trinajstić information content (AvgIpc) is 3.24. The molecule has 31 heavy (non-hydrogen) atoms. The zero-order valence-corrected chi connectivity index (χ0v) is 19.2. The summed E-state index contributed by atoms with van der Waals surface area (Å²) in [7, 11) is -3.54. The molecule has 9 heteroatoms. The van der Waals surface area contributed by atoms with Gasteiger partial charge in [0, 0.05) is 24.0 Å². The molecule has 0 amide bonds. The minimum Gasteiger partial charge on any atom is -0.508 e. The number of benzene rings is 2. The SMILES string of the molecule is CCCN(CCC)S(=O)(=O)c1cccc(-c2csc(NN=Cc3ccc(O)cc3)n2)c1. The predicted molar refractivity (Wildman–Crippen MR) is 126 cm³/mol. The van der Waals surface area contributed by atoms with E-state index in [4.69, 9.17) is 0 Å². The Bertz CT molecular complexity index is 1120. The lowest BCUT2D eigenvalue weighted by Gasteiger charge is -2.21. The molecule has 3 rings (SSSR count). The fourth-order valence-electron chi connectivity index (χ4n) is 3.00. The molecule has 0 aliphatic carbocycles. The Morgan fingerprint density at radius 1 is 1.13 bits per heavy atom. The number of aromatic hydroxyl groups is 1. The van der Waals surface area contributed by atoms with Gasteiger partial charge >= 0.3 is 0 Å². The first kappa shape index (κ1) is 22.9. The van der Waals surface area contributed by atoms with E-state index in [2.05, 4.69) is 15.5 Å². The van der Waals surface area contributed by atoms with E-state index in [9.17, 15) is 13.5 Å². The van der Waals surface area contributed by atoms with Gasteiger partial charge in [0.05, 0.1) is 16.8 Å². The fraction of sp³-hybridized carbons (Fsp3) is 0.273. The average molecular weight is 459 g/mol. The summed E-state index contributed by atoms with van der Waals surface area (Å²) in [6.45, 7) is 4.96. The van der Waals surface area contributed by atoms with Crippen LogP contribution in [0, 0.1) is 0 Å². The first-order chi connectivity index (χ1) is 14.9. The number of anilines is 1. The van der Waals surface area contributed by atoms with E-state index in [1.165, 1.54) is 15.6 Å². The minimum atomic E-state index is -3.54. The third-order valence-electron chi connectivity index (χ3n) is 4.48. The van der Waals surface area contributed by atoms with E-state index in [1.807, 2.05) is 25.3 Å². The largest absolute Gasteiger partial charge is 0.508 e. The number of nitrogens with one attached hydrogen (secondary N) is 1. The maximum absolute atomic E-state index is 13.1. The van der Waals surface area contributed by atoms with Crippen molar-refractivity contribution in [3.05, 3.63) is 59.5 Å². The second-order valence-corrected chi connectivity index (χ2v) is 9.73. The maximum atomic E-state index is 13.1. The van der Waals surface area contributed by atoms with Gasteiger partial charge in [-0.3, -0.25) is 5.43 Å². The van der Waals surface area contributed by atoms with Gasteiger partial charge in [0.15, 0.2) is 0 Å². The Labute approximate surface area is 187 Å². The van der Waals surface area contributed by atoms with Crippen LogP contribution in [0.2, 0.25) is 0 Å². The molecule has 2 N–H and O–H groups in total. The van der Waals surface area contributed by atoms with E-state index >= 15 is 0 Å². The van der Waals surface area contributed by atoms with Crippen LogP contribution in [0.3, 0.4) is 0 Å². The molecule has 0 spiro atoms. The van der Waals surface area contributed by atoms with E-state index in [0.717, 1.165) is 24.0 Å². The smallest absolute Gasteiger partial charge is 0.243 e. The van der Waals surface area contributed by atoms with Gasteiger partial charge in [-0.1, -0.05) is 26.0 Å². The first-order valence-electron chi connectivity index (χ1n) is 10.1. The molecule has 0 bridgehead atoms. The normalized spacial score (nSPS) is 12.0. The van der Waals surface area contributed by atoms with E-state index in [1.54, 1.807) is 48.7 Å². The van der Waals surface area contributed by atoms with Crippen molar-refractivity contribution in [2.45, 2.75) is 31.6 Å². The topological polar surface area (TPSA) is 94.9 Å². The highest BCUT2D eigenvalue weighted by Gasteiger charge is 2.23. The van der Waals surface area contributed by atoms with Gasteiger partial charge in [-0.15, -0.1) is 11.3 Å². The van der Waals surface area contributed by atoms with Gasteiger partial charge in [0.25, 0.3) is 0 Å². The van der Waals surface area contributed by atoms with Gasteiger partial charge in [0.1, 0.15) is 5.75 Å². The number of thiazole rings is 1. The highest BCUT2D eigenvalue weighted by Crippen LogP contribution is 2.28. The van der Waals surface area contributed by atoms with Gasteiger partial charge in [-0.2, -0.15) is 9.41 Å². The van der Waals surface area contributed by atoms with Crippen LogP contribution in [0.15, 0.2) is 63.9 Å².